The summed E-state index contributed by atoms with van der Waals surface area (Å²) in [5.74, 6) is -0.0171. The van der Waals surface area contributed by atoms with Gasteiger partial charge >= 0.3 is 0 Å². The van der Waals surface area contributed by atoms with Crippen molar-refractivity contribution in [1.82, 2.24) is 0 Å². The molecule has 4 heteroatoms. The van der Waals surface area contributed by atoms with Crippen LogP contribution in [0.4, 0.5) is 4.39 Å². The second-order valence-electron chi connectivity index (χ2n) is 3.85. The molecule has 0 aliphatic carbocycles. The Morgan fingerprint density at radius 3 is 2.20 bits per heavy atom. The van der Waals surface area contributed by atoms with E-state index in [1.807, 2.05) is 0 Å². The van der Waals surface area contributed by atoms with E-state index in [2.05, 4.69) is 0 Å². The second kappa shape index (κ2) is 6.17. The Morgan fingerprint density at radius 2 is 1.55 bits per heavy atom. The monoisotopic (exact) mass is 264 g/mol. The number of benzene rings is 2. The molecule has 0 spiro atoms. The average Bonchev–Trinajstić information content (AvgIpc) is 2.48. The van der Waals surface area contributed by atoms with Gasteiger partial charge in [0.1, 0.15) is 23.5 Å². The third kappa shape index (κ3) is 3.01. The van der Waals surface area contributed by atoms with Crippen LogP contribution in [0.3, 0.4) is 0 Å². The van der Waals surface area contributed by atoms with Crippen molar-refractivity contribution in [1.29, 1.82) is 10.5 Å². The molecular formula is C16H9FN2O. The maximum atomic E-state index is 13.6. The lowest BCUT2D eigenvalue weighted by Crippen LogP contribution is -1.90. The largest absolute Gasteiger partial charge is 0.454 e. The molecule has 0 N–H and O–H groups in total. The zero-order valence-corrected chi connectivity index (χ0v) is 10.4. The van der Waals surface area contributed by atoms with Crippen molar-refractivity contribution in [2.75, 3.05) is 0 Å². The highest BCUT2D eigenvalue weighted by molar-refractivity contribution is 5.66. The number of halogens is 1. The number of hydrogen-bond donors (Lipinski definition) is 0. The van der Waals surface area contributed by atoms with Crippen LogP contribution in [0.2, 0.25) is 0 Å². The number of hydrogen-bond acceptors (Lipinski definition) is 3. The summed E-state index contributed by atoms with van der Waals surface area (Å²) in [6, 6.07) is 16.4. The fourth-order valence-electron chi connectivity index (χ4n) is 1.58. The van der Waals surface area contributed by atoms with Crippen LogP contribution >= 0.6 is 0 Å². The highest BCUT2D eigenvalue weighted by atomic mass is 19.1. The van der Waals surface area contributed by atoms with Gasteiger partial charge in [-0.15, -0.1) is 0 Å². The van der Waals surface area contributed by atoms with E-state index in [1.165, 1.54) is 18.2 Å². The highest BCUT2D eigenvalue weighted by Gasteiger charge is 2.07. The minimum Gasteiger partial charge on any atom is -0.454 e. The first-order chi connectivity index (χ1) is 9.74. The number of allylic oxidation sites excluding steroid dienone is 1. The molecule has 0 saturated heterocycles. The molecule has 0 aliphatic heterocycles. The summed E-state index contributed by atoms with van der Waals surface area (Å²) in [7, 11) is 0. The van der Waals surface area contributed by atoms with Crippen molar-refractivity contribution in [3.8, 4) is 23.6 Å². The van der Waals surface area contributed by atoms with E-state index in [0.717, 1.165) is 0 Å². The first kappa shape index (κ1) is 13.3. The number of nitriles is 2. The lowest BCUT2D eigenvalue weighted by Gasteiger charge is -2.09. The zero-order valence-electron chi connectivity index (χ0n) is 10.4. The van der Waals surface area contributed by atoms with Crippen LogP contribution in [-0.4, -0.2) is 0 Å². The fourth-order valence-corrected chi connectivity index (χ4v) is 1.58. The molecule has 96 valence electrons. The Kier molecular flexibility index (Phi) is 4.11. The van der Waals surface area contributed by atoms with E-state index < -0.39 is 5.82 Å². The SMILES string of the molecule is N#CC(C#N)=Cc1ccccc1Oc1ccccc1F. The van der Waals surface area contributed by atoms with Gasteiger partial charge in [-0.2, -0.15) is 10.5 Å². The molecule has 0 saturated carbocycles. The van der Waals surface area contributed by atoms with Crippen LogP contribution in [0.5, 0.6) is 11.5 Å². The van der Waals surface area contributed by atoms with E-state index in [4.69, 9.17) is 15.3 Å². The predicted molar refractivity (Wildman–Crippen MR) is 72.1 cm³/mol. The van der Waals surface area contributed by atoms with Crippen LogP contribution < -0.4 is 4.74 Å². The van der Waals surface area contributed by atoms with E-state index in [9.17, 15) is 4.39 Å². The molecule has 0 heterocycles. The molecule has 20 heavy (non-hydrogen) atoms. The lowest BCUT2D eigenvalue weighted by atomic mass is 10.1. The van der Waals surface area contributed by atoms with Gasteiger partial charge in [0.25, 0.3) is 0 Å². The molecule has 3 nitrogen and oxygen atoms in total. The van der Waals surface area contributed by atoms with Crippen molar-refractivity contribution >= 4 is 6.08 Å². The molecule has 2 aromatic carbocycles. The van der Waals surface area contributed by atoms with Gasteiger partial charge in [0, 0.05) is 5.56 Å². The summed E-state index contributed by atoms with van der Waals surface area (Å²) in [5.41, 5.74) is 0.489. The fraction of sp³-hybridized carbons (Fsp3) is 0. The molecule has 0 fully saturated rings. The molecule has 2 aromatic rings. The summed E-state index contributed by atoms with van der Waals surface area (Å²) in [4.78, 5) is 0. The Labute approximate surface area is 115 Å². The van der Waals surface area contributed by atoms with E-state index >= 15 is 0 Å². The van der Waals surface area contributed by atoms with E-state index in [1.54, 1.807) is 48.5 Å². The van der Waals surface area contributed by atoms with Crippen LogP contribution in [0, 0.1) is 28.5 Å². The Balaban J connectivity index is 2.40. The average molecular weight is 264 g/mol. The van der Waals surface area contributed by atoms with E-state index in [0.29, 0.717) is 11.3 Å². The lowest BCUT2D eigenvalue weighted by molar-refractivity contribution is 0.441. The summed E-state index contributed by atoms with van der Waals surface area (Å²) in [5, 5.41) is 17.5. The molecule has 0 radical (unpaired) electrons. The van der Waals surface area contributed by atoms with Gasteiger partial charge in [-0.3, -0.25) is 0 Å². The molecule has 0 amide bonds. The second-order valence-corrected chi connectivity index (χ2v) is 3.85. The van der Waals surface area contributed by atoms with Crippen LogP contribution in [-0.2, 0) is 0 Å². The number of ether oxygens (including phenoxy) is 1. The Hall–Kier alpha value is -3.11. The van der Waals surface area contributed by atoms with Gasteiger partial charge in [0.2, 0.25) is 0 Å². The van der Waals surface area contributed by atoms with Crippen LogP contribution in [0.1, 0.15) is 5.56 Å². The first-order valence-electron chi connectivity index (χ1n) is 5.78. The minimum atomic E-state index is -0.480. The van der Waals surface area contributed by atoms with Gasteiger partial charge in [-0.05, 0) is 24.3 Å². The molecule has 0 bridgehead atoms. The summed E-state index contributed by atoms with van der Waals surface area (Å²) in [6.45, 7) is 0. The predicted octanol–water partition coefficient (Wildman–Crippen LogP) is 4.05. The van der Waals surface area contributed by atoms with E-state index in [-0.39, 0.29) is 11.3 Å². The summed E-state index contributed by atoms with van der Waals surface area (Å²) in [6.07, 6.45) is 1.40. The van der Waals surface area contributed by atoms with Gasteiger partial charge in [-0.25, -0.2) is 4.39 Å². The third-order valence-corrected chi connectivity index (χ3v) is 2.52. The molecular weight excluding hydrogens is 255 g/mol. The van der Waals surface area contributed by atoms with Crippen molar-refractivity contribution in [2.45, 2.75) is 0 Å². The smallest absolute Gasteiger partial charge is 0.165 e. The molecule has 0 aliphatic rings. The van der Waals surface area contributed by atoms with Crippen molar-refractivity contribution < 1.29 is 9.13 Å². The maximum Gasteiger partial charge on any atom is 0.165 e. The molecule has 0 unspecified atom stereocenters. The maximum absolute atomic E-state index is 13.6. The van der Waals surface area contributed by atoms with Crippen molar-refractivity contribution in [3.05, 3.63) is 65.5 Å². The van der Waals surface area contributed by atoms with Crippen LogP contribution in [0.25, 0.3) is 6.08 Å². The number of nitrogens with zero attached hydrogens (tertiary/aromatic N) is 2. The van der Waals surface area contributed by atoms with Gasteiger partial charge in [0.05, 0.1) is 0 Å². The molecule has 0 aromatic heterocycles. The molecule has 2 rings (SSSR count). The van der Waals surface area contributed by atoms with Gasteiger partial charge < -0.3 is 4.74 Å². The number of rotatable bonds is 3. The summed E-state index contributed by atoms with van der Waals surface area (Å²) < 4.78 is 19.0. The Morgan fingerprint density at radius 1 is 0.950 bits per heavy atom. The highest BCUT2D eigenvalue weighted by Crippen LogP contribution is 2.28. The number of para-hydroxylation sites is 2. The topological polar surface area (TPSA) is 56.8 Å². The zero-order chi connectivity index (χ0) is 14.4. The van der Waals surface area contributed by atoms with Crippen molar-refractivity contribution in [3.63, 3.8) is 0 Å². The van der Waals surface area contributed by atoms with Crippen LogP contribution in [0.15, 0.2) is 54.1 Å². The normalized spacial score (nSPS) is 9.15. The van der Waals surface area contributed by atoms with Gasteiger partial charge in [0.15, 0.2) is 11.6 Å². The van der Waals surface area contributed by atoms with Crippen molar-refractivity contribution in [2.24, 2.45) is 0 Å². The minimum absolute atomic E-state index is 0.0467. The summed E-state index contributed by atoms with van der Waals surface area (Å²) >= 11 is 0. The third-order valence-electron chi connectivity index (χ3n) is 2.52. The quantitative estimate of drug-likeness (QED) is 0.786. The standard InChI is InChI=1S/C16H9FN2O/c17-14-6-2-4-8-16(14)20-15-7-3-1-5-13(15)9-12(10-18)11-19/h1-9H. The Bertz CT molecular complexity index is 723. The molecule has 0 atom stereocenters. The van der Waals surface area contributed by atoms with Gasteiger partial charge in [-0.1, -0.05) is 30.3 Å². The first-order valence-corrected chi connectivity index (χ1v) is 5.78.